The molecule has 0 atom stereocenters. The molecule has 0 aliphatic heterocycles. The zero-order valence-corrected chi connectivity index (χ0v) is 17.9. The third-order valence-electron chi connectivity index (χ3n) is 5.01. The van der Waals surface area contributed by atoms with Crippen molar-refractivity contribution in [1.82, 2.24) is 10.3 Å². The Morgan fingerprint density at radius 1 is 0.967 bits per heavy atom. The normalized spacial score (nSPS) is 10.8. The van der Waals surface area contributed by atoms with Crippen molar-refractivity contribution in [2.75, 3.05) is 19.8 Å². The minimum absolute atomic E-state index is 0.120. The van der Waals surface area contributed by atoms with Crippen LogP contribution in [0.2, 0.25) is 0 Å². The van der Waals surface area contributed by atoms with Crippen LogP contribution < -0.4 is 20.3 Å². The summed E-state index contributed by atoms with van der Waals surface area (Å²) in [7, 11) is 0. The van der Waals surface area contributed by atoms with Crippen LogP contribution in [-0.4, -0.2) is 30.6 Å². The molecule has 0 radical (unpaired) electrons. The number of aromatic amines is 1. The standard InChI is InChI=1S/C24H28N2O4/c1-5-29-20-10-9-17(14-21(20)30-6-2)23(27)25-12-11-18-13-19-15(3)7-8-16(4)22(19)26-24(18)28/h7-10,13-14H,5-6,11-12H2,1-4H3,(H,25,27)(H,26,28). The number of hydrogen-bond acceptors (Lipinski definition) is 4. The van der Waals surface area contributed by atoms with Gasteiger partial charge in [0.05, 0.1) is 18.7 Å². The van der Waals surface area contributed by atoms with Crippen molar-refractivity contribution in [3.8, 4) is 11.5 Å². The van der Waals surface area contributed by atoms with Gasteiger partial charge in [-0.05, 0) is 69.5 Å². The molecule has 0 fully saturated rings. The molecule has 3 aromatic rings. The molecular formula is C24H28N2O4. The maximum absolute atomic E-state index is 12.6. The van der Waals surface area contributed by atoms with E-state index >= 15 is 0 Å². The average molecular weight is 408 g/mol. The Bertz CT molecular complexity index is 1120. The summed E-state index contributed by atoms with van der Waals surface area (Å²) in [6.07, 6.45) is 0.444. The van der Waals surface area contributed by atoms with Crippen LogP contribution in [0.15, 0.2) is 41.2 Å². The molecule has 0 saturated carbocycles. The molecule has 2 aromatic carbocycles. The lowest BCUT2D eigenvalue weighted by atomic mass is 10.0. The monoisotopic (exact) mass is 408 g/mol. The number of H-pyrrole nitrogens is 1. The van der Waals surface area contributed by atoms with E-state index in [0.717, 1.165) is 22.0 Å². The Kier molecular flexibility index (Phi) is 6.77. The summed E-state index contributed by atoms with van der Waals surface area (Å²) in [6, 6.07) is 11.1. The summed E-state index contributed by atoms with van der Waals surface area (Å²) in [6.45, 7) is 9.13. The number of fused-ring (bicyclic) bond motifs is 1. The summed E-state index contributed by atoms with van der Waals surface area (Å²) in [4.78, 5) is 28.0. The molecule has 158 valence electrons. The Labute approximate surface area is 176 Å². The van der Waals surface area contributed by atoms with Gasteiger partial charge in [0, 0.05) is 23.1 Å². The SMILES string of the molecule is CCOc1ccc(C(=O)NCCc2cc3c(C)ccc(C)c3[nH]c2=O)cc1OCC. The van der Waals surface area contributed by atoms with E-state index in [2.05, 4.69) is 10.3 Å². The zero-order valence-electron chi connectivity index (χ0n) is 17.9. The number of aromatic nitrogens is 1. The van der Waals surface area contributed by atoms with Crippen LogP contribution in [0.5, 0.6) is 11.5 Å². The Morgan fingerprint density at radius 2 is 1.67 bits per heavy atom. The maximum atomic E-state index is 12.6. The first-order valence-corrected chi connectivity index (χ1v) is 10.2. The molecule has 0 aliphatic rings. The average Bonchev–Trinajstić information content (AvgIpc) is 2.73. The second-order valence-corrected chi connectivity index (χ2v) is 7.15. The molecule has 2 N–H and O–H groups in total. The van der Waals surface area contributed by atoms with E-state index in [9.17, 15) is 9.59 Å². The van der Waals surface area contributed by atoms with Gasteiger partial charge in [0.15, 0.2) is 11.5 Å². The van der Waals surface area contributed by atoms with E-state index in [1.165, 1.54) is 0 Å². The van der Waals surface area contributed by atoms with Gasteiger partial charge in [-0.2, -0.15) is 0 Å². The highest BCUT2D eigenvalue weighted by Crippen LogP contribution is 2.28. The molecule has 1 aromatic heterocycles. The fourth-order valence-corrected chi connectivity index (χ4v) is 3.41. The van der Waals surface area contributed by atoms with Gasteiger partial charge in [0.2, 0.25) is 0 Å². The highest BCUT2D eigenvalue weighted by molar-refractivity contribution is 5.95. The molecule has 6 nitrogen and oxygen atoms in total. The number of pyridine rings is 1. The smallest absolute Gasteiger partial charge is 0.251 e. The number of nitrogens with one attached hydrogen (secondary N) is 2. The summed E-state index contributed by atoms with van der Waals surface area (Å²) in [5, 5.41) is 3.91. The van der Waals surface area contributed by atoms with Crippen LogP contribution in [0.3, 0.4) is 0 Å². The highest BCUT2D eigenvalue weighted by atomic mass is 16.5. The molecule has 6 heteroatoms. The molecule has 0 aliphatic carbocycles. The summed E-state index contributed by atoms with van der Waals surface area (Å²) in [5.41, 5.74) is 4.03. The third-order valence-corrected chi connectivity index (χ3v) is 5.01. The van der Waals surface area contributed by atoms with Crippen molar-refractivity contribution in [3.63, 3.8) is 0 Å². The number of benzene rings is 2. The van der Waals surface area contributed by atoms with Gasteiger partial charge in [-0.3, -0.25) is 9.59 Å². The molecule has 0 unspecified atom stereocenters. The van der Waals surface area contributed by atoms with Crippen molar-refractivity contribution in [3.05, 3.63) is 69.0 Å². The lowest BCUT2D eigenvalue weighted by Gasteiger charge is -2.12. The number of rotatable bonds is 8. The Hall–Kier alpha value is -3.28. The van der Waals surface area contributed by atoms with Crippen LogP contribution >= 0.6 is 0 Å². The van der Waals surface area contributed by atoms with E-state index in [-0.39, 0.29) is 11.5 Å². The Balaban J connectivity index is 1.71. The molecule has 0 bridgehead atoms. The number of aryl methyl sites for hydroxylation is 2. The molecule has 1 heterocycles. The fraction of sp³-hybridized carbons (Fsp3) is 0.333. The van der Waals surface area contributed by atoms with Gasteiger partial charge in [0.1, 0.15) is 0 Å². The van der Waals surface area contributed by atoms with Crippen LogP contribution in [0.1, 0.15) is 40.9 Å². The second kappa shape index (κ2) is 9.48. The fourth-order valence-electron chi connectivity index (χ4n) is 3.41. The topological polar surface area (TPSA) is 80.4 Å². The first-order valence-electron chi connectivity index (χ1n) is 10.2. The minimum Gasteiger partial charge on any atom is -0.490 e. The van der Waals surface area contributed by atoms with Gasteiger partial charge in [-0.15, -0.1) is 0 Å². The van der Waals surface area contributed by atoms with Crippen molar-refractivity contribution in [2.24, 2.45) is 0 Å². The molecule has 1 amide bonds. The molecule has 30 heavy (non-hydrogen) atoms. The highest BCUT2D eigenvalue weighted by Gasteiger charge is 2.12. The lowest BCUT2D eigenvalue weighted by molar-refractivity contribution is 0.0953. The first-order chi connectivity index (χ1) is 14.4. The van der Waals surface area contributed by atoms with Crippen LogP contribution in [0, 0.1) is 13.8 Å². The largest absolute Gasteiger partial charge is 0.490 e. The lowest BCUT2D eigenvalue weighted by Crippen LogP contribution is -2.27. The first kappa shape index (κ1) is 21.4. The van der Waals surface area contributed by atoms with Crippen molar-refractivity contribution in [2.45, 2.75) is 34.1 Å². The predicted octanol–water partition coefficient (Wildman–Crippen LogP) is 3.91. The van der Waals surface area contributed by atoms with E-state index in [4.69, 9.17) is 9.47 Å². The summed E-state index contributed by atoms with van der Waals surface area (Å²) in [5.74, 6) is 0.941. The molecule has 3 rings (SSSR count). The van der Waals surface area contributed by atoms with Gasteiger partial charge >= 0.3 is 0 Å². The van der Waals surface area contributed by atoms with Crippen LogP contribution in [0.4, 0.5) is 0 Å². The van der Waals surface area contributed by atoms with Crippen molar-refractivity contribution >= 4 is 16.8 Å². The number of ether oxygens (including phenoxy) is 2. The Morgan fingerprint density at radius 3 is 2.40 bits per heavy atom. The molecule has 0 saturated heterocycles. The second-order valence-electron chi connectivity index (χ2n) is 7.15. The van der Waals surface area contributed by atoms with E-state index in [1.54, 1.807) is 18.2 Å². The van der Waals surface area contributed by atoms with Gasteiger partial charge in [0.25, 0.3) is 11.5 Å². The number of amides is 1. The van der Waals surface area contributed by atoms with Gasteiger partial charge in [-0.1, -0.05) is 12.1 Å². The third kappa shape index (κ3) is 4.64. The quantitative estimate of drug-likeness (QED) is 0.592. The molecule has 0 spiro atoms. The van der Waals surface area contributed by atoms with E-state index in [1.807, 2.05) is 45.9 Å². The van der Waals surface area contributed by atoms with Gasteiger partial charge < -0.3 is 19.8 Å². The predicted molar refractivity (Wildman–Crippen MR) is 119 cm³/mol. The minimum atomic E-state index is -0.219. The summed E-state index contributed by atoms with van der Waals surface area (Å²) >= 11 is 0. The zero-order chi connectivity index (χ0) is 21.7. The van der Waals surface area contributed by atoms with Crippen LogP contribution in [0.25, 0.3) is 10.9 Å². The van der Waals surface area contributed by atoms with E-state index in [0.29, 0.717) is 48.8 Å². The number of carbonyl (C=O) groups excluding carboxylic acids is 1. The molecular weight excluding hydrogens is 380 g/mol. The summed E-state index contributed by atoms with van der Waals surface area (Å²) < 4.78 is 11.1. The number of hydrogen-bond donors (Lipinski definition) is 2. The van der Waals surface area contributed by atoms with Crippen molar-refractivity contribution in [1.29, 1.82) is 0 Å². The van der Waals surface area contributed by atoms with Crippen LogP contribution in [-0.2, 0) is 6.42 Å². The number of carbonyl (C=O) groups is 1. The van der Waals surface area contributed by atoms with Gasteiger partial charge in [-0.25, -0.2) is 0 Å². The maximum Gasteiger partial charge on any atom is 0.251 e. The van der Waals surface area contributed by atoms with E-state index < -0.39 is 0 Å². The van der Waals surface area contributed by atoms with Crippen molar-refractivity contribution < 1.29 is 14.3 Å².